The number of carbonyl (C=O) groups is 1. The van der Waals surface area contributed by atoms with E-state index in [0.29, 0.717) is 30.6 Å². The van der Waals surface area contributed by atoms with Crippen LogP contribution in [0.15, 0.2) is 47.4 Å². The summed E-state index contributed by atoms with van der Waals surface area (Å²) in [5, 5.41) is 0. The van der Waals surface area contributed by atoms with Crippen molar-refractivity contribution in [1.29, 1.82) is 0 Å². The average Bonchev–Trinajstić information content (AvgIpc) is 2.64. The van der Waals surface area contributed by atoms with Crippen molar-refractivity contribution in [1.82, 2.24) is 4.90 Å². The summed E-state index contributed by atoms with van der Waals surface area (Å²) < 4.78 is 53.1. The van der Waals surface area contributed by atoms with Gasteiger partial charge >= 0.3 is 0 Å². The van der Waals surface area contributed by atoms with Gasteiger partial charge in [-0.2, -0.15) is 0 Å². The van der Waals surface area contributed by atoms with Crippen molar-refractivity contribution in [2.45, 2.75) is 24.7 Å². The van der Waals surface area contributed by atoms with E-state index in [1.807, 2.05) is 0 Å². The molecule has 3 rings (SSSR count). The smallest absolute Gasteiger partial charge is 0.261 e. The van der Waals surface area contributed by atoms with Crippen molar-refractivity contribution < 1.29 is 22.0 Å². The highest BCUT2D eigenvalue weighted by molar-refractivity contribution is 7.92. The van der Waals surface area contributed by atoms with E-state index >= 15 is 0 Å². The Labute approximate surface area is 157 Å². The maximum absolute atomic E-state index is 13.3. The van der Waals surface area contributed by atoms with Gasteiger partial charge in [-0.05, 0) is 61.2 Å². The Bertz CT molecular complexity index is 938. The monoisotopic (exact) mass is 394 g/mol. The zero-order chi connectivity index (χ0) is 19.6. The summed E-state index contributed by atoms with van der Waals surface area (Å²) in [4.78, 5) is 13.9. The van der Waals surface area contributed by atoms with Crippen molar-refractivity contribution in [2.24, 2.45) is 5.92 Å². The molecule has 0 saturated carbocycles. The largest absolute Gasteiger partial charge is 0.339 e. The van der Waals surface area contributed by atoms with Gasteiger partial charge in [0.25, 0.3) is 15.9 Å². The minimum Gasteiger partial charge on any atom is -0.339 e. The number of nitrogens with one attached hydrogen (secondary N) is 1. The fraction of sp³-hybridized carbons (Fsp3) is 0.316. The number of nitrogens with zero attached hydrogens (tertiary/aromatic N) is 1. The van der Waals surface area contributed by atoms with Crippen LogP contribution >= 0.6 is 0 Å². The van der Waals surface area contributed by atoms with Gasteiger partial charge < -0.3 is 4.90 Å². The van der Waals surface area contributed by atoms with Crippen molar-refractivity contribution in [2.75, 3.05) is 17.8 Å². The summed E-state index contributed by atoms with van der Waals surface area (Å²) in [7, 11) is -4.06. The third-order valence-corrected chi connectivity index (χ3v) is 6.04. The molecular formula is C19H20F2N2O3S. The van der Waals surface area contributed by atoms with Gasteiger partial charge in [-0.15, -0.1) is 0 Å². The number of rotatable bonds is 4. The lowest BCUT2D eigenvalue weighted by Gasteiger charge is -2.30. The van der Waals surface area contributed by atoms with Crippen LogP contribution in [0.4, 0.5) is 14.5 Å². The number of carbonyl (C=O) groups excluding carboxylic acids is 1. The quantitative estimate of drug-likeness (QED) is 0.861. The summed E-state index contributed by atoms with van der Waals surface area (Å²) in [6.45, 7) is 3.59. The second kappa shape index (κ2) is 7.64. The number of sulfonamides is 1. The predicted octanol–water partition coefficient (Wildman–Crippen LogP) is 3.64. The van der Waals surface area contributed by atoms with Gasteiger partial charge in [-0.25, -0.2) is 17.2 Å². The maximum atomic E-state index is 13.3. The minimum absolute atomic E-state index is 0.0862. The third-order valence-electron chi connectivity index (χ3n) is 4.66. The molecule has 1 amide bonds. The SMILES string of the molecule is CC1CCN(C(=O)c2ccc(NS(=O)(=O)c3ccc(F)c(F)c3)cc2)CC1. The molecule has 27 heavy (non-hydrogen) atoms. The summed E-state index contributed by atoms with van der Waals surface area (Å²) in [6, 6.07) is 8.38. The molecule has 1 heterocycles. The molecule has 2 aromatic rings. The third kappa shape index (κ3) is 4.44. The molecule has 0 spiro atoms. The lowest BCUT2D eigenvalue weighted by molar-refractivity contribution is 0.0697. The highest BCUT2D eigenvalue weighted by atomic mass is 32.2. The molecule has 2 aromatic carbocycles. The van der Waals surface area contributed by atoms with E-state index in [0.717, 1.165) is 25.0 Å². The molecule has 1 saturated heterocycles. The zero-order valence-electron chi connectivity index (χ0n) is 14.8. The van der Waals surface area contributed by atoms with E-state index in [-0.39, 0.29) is 16.5 Å². The second-order valence-corrected chi connectivity index (χ2v) is 8.42. The van der Waals surface area contributed by atoms with Gasteiger partial charge in [0.1, 0.15) is 0 Å². The molecule has 0 radical (unpaired) electrons. The van der Waals surface area contributed by atoms with Gasteiger partial charge in [0.05, 0.1) is 4.90 Å². The predicted molar refractivity (Wildman–Crippen MR) is 97.9 cm³/mol. The molecule has 8 heteroatoms. The maximum Gasteiger partial charge on any atom is 0.261 e. The van der Waals surface area contributed by atoms with Crippen LogP contribution in [0, 0.1) is 17.6 Å². The molecule has 1 fully saturated rings. The molecule has 0 aliphatic carbocycles. The Balaban J connectivity index is 1.71. The molecule has 0 unspecified atom stereocenters. The van der Waals surface area contributed by atoms with Gasteiger partial charge in [0.15, 0.2) is 11.6 Å². The lowest BCUT2D eigenvalue weighted by Crippen LogP contribution is -2.37. The number of anilines is 1. The first-order valence-electron chi connectivity index (χ1n) is 8.63. The summed E-state index contributed by atoms with van der Waals surface area (Å²) >= 11 is 0. The first-order valence-corrected chi connectivity index (χ1v) is 10.1. The second-order valence-electron chi connectivity index (χ2n) is 6.73. The first-order chi connectivity index (χ1) is 12.8. The van der Waals surface area contributed by atoms with Gasteiger partial charge in [-0.3, -0.25) is 9.52 Å². The van der Waals surface area contributed by atoms with Crippen LogP contribution in [0.1, 0.15) is 30.1 Å². The van der Waals surface area contributed by atoms with E-state index in [1.54, 1.807) is 17.0 Å². The molecule has 1 aliphatic rings. The summed E-state index contributed by atoms with van der Waals surface area (Å²) in [5.74, 6) is -1.84. The first kappa shape index (κ1) is 19.3. The van der Waals surface area contributed by atoms with E-state index in [2.05, 4.69) is 11.6 Å². The summed E-state index contributed by atoms with van der Waals surface area (Å²) in [5.41, 5.74) is 0.698. The molecule has 0 aromatic heterocycles. The molecule has 0 bridgehead atoms. The Morgan fingerprint density at radius 2 is 1.67 bits per heavy atom. The van der Waals surface area contributed by atoms with Crippen molar-refractivity contribution in [3.8, 4) is 0 Å². The summed E-state index contributed by atoms with van der Waals surface area (Å²) in [6.07, 6.45) is 1.94. The van der Waals surface area contributed by atoms with E-state index < -0.39 is 21.7 Å². The Kier molecular flexibility index (Phi) is 5.46. The van der Waals surface area contributed by atoms with Crippen LogP contribution < -0.4 is 4.72 Å². The fourth-order valence-corrected chi connectivity index (χ4v) is 4.00. The molecule has 5 nitrogen and oxygen atoms in total. The Morgan fingerprint density at radius 3 is 2.26 bits per heavy atom. The van der Waals surface area contributed by atoms with Crippen molar-refractivity contribution >= 4 is 21.6 Å². The van der Waals surface area contributed by atoms with Crippen LogP contribution in [-0.2, 0) is 10.0 Å². The number of likely N-dealkylation sites (tertiary alicyclic amines) is 1. The standard InChI is InChI=1S/C19H20F2N2O3S/c1-13-8-10-23(11-9-13)19(24)14-2-4-15(5-3-14)22-27(25,26)16-6-7-17(20)18(21)12-16/h2-7,12-13,22H,8-11H2,1H3. The molecule has 1 N–H and O–H groups in total. The van der Waals surface area contributed by atoms with Crippen LogP contribution in [0.25, 0.3) is 0 Å². The zero-order valence-corrected chi connectivity index (χ0v) is 15.6. The normalized spacial score (nSPS) is 15.6. The molecule has 0 atom stereocenters. The van der Waals surface area contributed by atoms with Crippen LogP contribution in [0.5, 0.6) is 0 Å². The van der Waals surface area contributed by atoms with E-state index in [1.165, 1.54) is 12.1 Å². The number of piperidine rings is 1. The number of halogens is 2. The minimum atomic E-state index is -4.06. The lowest BCUT2D eigenvalue weighted by atomic mass is 9.98. The van der Waals surface area contributed by atoms with Crippen LogP contribution in [-0.4, -0.2) is 32.3 Å². The van der Waals surface area contributed by atoms with Gasteiger partial charge in [-0.1, -0.05) is 6.92 Å². The number of hydrogen-bond donors (Lipinski definition) is 1. The van der Waals surface area contributed by atoms with E-state index in [9.17, 15) is 22.0 Å². The van der Waals surface area contributed by atoms with E-state index in [4.69, 9.17) is 0 Å². The molecular weight excluding hydrogens is 374 g/mol. The molecule has 144 valence electrons. The Hall–Kier alpha value is -2.48. The number of amides is 1. The highest BCUT2D eigenvalue weighted by Gasteiger charge is 2.22. The average molecular weight is 394 g/mol. The highest BCUT2D eigenvalue weighted by Crippen LogP contribution is 2.21. The van der Waals surface area contributed by atoms with Crippen molar-refractivity contribution in [3.05, 3.63) is 59.7 Å². The van der Waals surface area contributed by atoms with Gasteiger partial charge in [0, 0.05) is 24.3 Å². The molecule has 1 aliphatic heterocycles. The number of hydrogen-bond acceptors (Lipinski definition) is 3. The fourth-order valence-electron chi connectivity index (χ4n) is 2.93. The van der Waals surface area contributed by atoms with Crippen molar-refractivity contribution in [3.63, 3.8) is 0 Å². The Morgan fingerprint density at radius 1 is 1.04 bits per heavy atom. The topological polar surface area (TPSA) is 66.5 Å². The van der Waals surface area contributed by atoms with Crippen LogP contribution in [0.3, 0.4) is 0 Å². The van der Waals surface area contributed by atoms with Crippen LogP contribution in [0.2, 0.25) is 0 Å². The number of benzene rings is 2. The van der Waals surface area contributed by atoms with Gasteiger partial charge in [0.2, 0.25) is 0 Å².